The summed E-state index contributed by atoms with van der Waals surface area (Å²) in [5, 5.41) is 13.8. The van der Waals surface area contributed by atoms with E-state index < -0.39 is 20.9 Å². The Hall–Kier alpha value is -2.59. The lowest BCUT2D eigenvalue weighted by molar-refractivity contribution is -0.383. The molecule has 118 valence electrons. The first-order chi connectivity index (χ1) is 10.8. The fourth-order valence-electron chi connectivity index (χ4n) is 2.31. The highest BCUT2D eigenvalue weighted by Gasteiger charge is 2.34. The van der Waals surface area contributed by atoms with Crippen LogP contribution in [0.15, 0.2) is 41.3 Å². The van der Waals surface area contributed by atoms with Crippen molar-refractivity contribution in [3.63, 3.8) is 0 Å². The van der Waals surface area contributed by atoms with Crippen molar-refractivity contribution >= 4 is 49.7 Å². The third-order valence-corrected chi connectivity index (χ3v) is 5.55. The van der Waals surface area contributed by atoms with Gasteiger partial charge in [-0.25, -0.2) is 12.7 Å². The molecule has 0 saturated carbocycles. The Kier molecular flexibility index (Phi) is 3.49. The van der Waals surface area contributed by atoms with E-state index in [9.17, 15) is 23.3 Å². The molecule has 3 rings (SSSR count). The number of nitrogens with zero attached hydrogens (tertiary/aromatic N) is 2. The molecule has 1 N–H and O–H groups in total. The zero-order valence-corrected chi connectivity index (χ0v) is 13.1. The van der Waals surface area contributed by atoms with Gasteiger partial charge in [-0.1, -0.05) is 12.1 Å². The van der Waals surface area contributed by atoms with E-state index in [1.54, 1.807) is 6.07 Å². The minimum absolute atomic E-state index is 0.0932. The van der Waals surface area contributed by atoms with Crippen LogP contribution in [0, 0.1) is 10.1 Å². The Labute approximate surface area is 135 Å². The quantitative estimate of drug-likeness (QED) is 0.505. The summed E-state index contributed by atoms with van der Waals surface area (Å²) in [6.45, 7) is -0.381. The molecule has 0 aliphatic carbocycles. The highest BCUT2D eigenvalue weighted by Crippen LogP contribution is 2.28. The summed E-state index contributed by atoms with van der Waals surface area (Å²) in [7, 11) is -4.01. The molecule has 2 aromatic rings. The number of hydrogen-bond donors (Lipinski definition) is 1. The van der Waals surface area contributed by atoms with Gasteiger partial charge in [0.15, 0.2) is 5.11 Å². The molecule has 23 heavy (non-hydrogen) atoms. The predicted octanol–water partition coefficient (Wildman–Crippen LogP) is 1.15. The number of thiocarbonyl (C=S) groups is 1. The Morgan fingerprint density at radius 2 is 2.00 bits per heavy atom. The monoisotopic (exact) mass is 351 g/mol. The van der Waals surface area contributed by atoms with E-state index in [4.69, 9.17) is 12.2 Å². The summed E-state index contributed by atoms with van der Waals surface area (Å²) >= 11 is 4.84. The number of non-ortho nitro benzene ring substituents is 1. The van der Waals surface area contributed by atoms with Crippen molar-refractivity contribution < 1.29 is 18.1 Å². The van der Waals surface area contributed by atoms with Crippen LogP contribution in [0.25, 0.3) is 10.8 Å². The number of nitro groups is 1. The van der Waals surface area contributed by atoms with E-state index in [1.807, 2.05) is 0 Å². The second-order valence-corrected chi connectivity index (χ2v) is 7.03. The van der Waals surface area contributed by atoms with Crippen LogP contribution < -0.4 is 5.32 Å². The van der Waals surface area contributed by atoms with E-state index in [2.05, 4.69) is 5.32 Å². The molecular weight excluding hydrogens is 342 g/mol. The van der Waals surface area contributed by atoms with Gasteiger partial charge in [-0.3, -0.25) is 14.9 Å². The number of rotatable bonds is 3. The van der Waals surface area contributed by atoms with Crippen molar-refractivity contribution in [2.75, 3.05) is 6.54 Å². The molecular formula is C13H9N3O5S2. The molecule has 0 bridgehead atoms. The number of nitrogens with one attached hydrogen (secondary N) is 1. The molecule has 0 atom stereocenters. The smallest absolute Gasteiger partial charge is 0.277 e. The van der Waals surface area contributed by atoms with Crippen molar-refractivity contribution in [2.24, 2.45) is 0 Å². The number of amides is 1. The first kappa shape index (κ1) is 15.3. The number of hydrogen-bond acceptors (Lipinski definition) is 6. The molecule has 0 spiro atoms. The zero-order chi connectivity index (χ0) is 16.8. The van der Waals surface area contributed by atoms with Gasteiger partial charge >= 0.3 is 0 Å². The molecule has 1 heterocycles. The maximum Gasteiger partial charge on any atom is 0.277 e. The van der Waals surface area contributed by atoms with Gasteiger partial charge in [0.25, 0.3) is 15.7 Å². The number of carbonyl (C=O) groups is 1. The third-order valence-electron chi connectivity index (χ3n) is 3.37. The number of sulfonamides is 1. The van der Waals surface area contributed by atoms with Crippen molar-refractivity contribution in [3.8, 4) is 0 Å². The molecule has 1 fully saturated rings. The van der Waals surface area contributed by atoms with Gasteiger partial charge in [0.1, 0.15) is 6.54 Å². The molecule has 1 aliphatic heterocycles. The summed E-state index contributed by atoms with van der Waals surface area (Å²) in [5.74, 6) is -0.505. The molecule has 0 radical (unpaired) electrons. The lowest BCUT2D eigenvalue weighted by Gasteiger charge is -2.16. The summed E-state index contributed by atoms with van der Waals surface area (Å²) < 4.78 is 25.9. The lowest BCUT2D eigenvalue weighted by atomic mass is 10.1. The Morgan fingerprint density at radius 3 is 2.61 bits per heavy atom. The van der Waals surface area contributed by atoms with Crippen molar-refractivity contribution in [1.29, 1.82) is 0 Å². The number of carbonyl (C=O) groups excluding carboxylic acids is 1. The summed E-state index contributed by atoms with van der Waals surface area (Å²) in [4.78, 5) is 21.7. The van der Waals surface area contributed by atoms with E-state index in [0.29, 0.717) is 10.8 Å². The van der Waals surface area contributed by atoms with Crippen LogP contribution >= 0.6 is 12.2 Å². The molecule has 1 amide bonds. The largest absolute Gasteiger partial charge is 0.301 e. The van der Waals surface area contributed by atoms with Gasteiger partial charge in [0, 0.05) is 6.07 Å². The van der Waals surface area contributed by atoms with Crippen LogP contribution in [0.4, 0.5) is 5.69 Å². The van der Waals surface area contributed by atoms with Crippen molar-refractivity contribution in [1.82, 2.24) is 9.62 Å². The van der Waals surface area contributed by atoms with Crippen LogP contribution in [-0.2, 0) is 14.8 Å². The number of nitro benzene ring substituents is 1. The Bertz CT molecular complexity index is 971. The summed E-state index contributed by atoms with van der Waals surface area (Å²) in [6, 6.07) is 8.35. The standard InChI is InChI=1S/C13H9N3O5S2/c17-12-7-15(13(22)14-12)23(20,21)9-4-5-10-8(6-9)2-1-3-11(10)16(18)19/h1-6H,7H2,(H,14,17,22). The zero-order valence-electron chi connectivity index (χ0n) is 11.4. The molecule has 1 saturated heterocycles. The van der Waals surface area contributed by atoms with E-state index in [1.165, 1.54) is 30.3 Å². The topological polar surface area (TPSA) is 110 Å². The second kappa shape index (κ2) is 5.25. The van der Waals surface area contributed by atoms with Gasteiger partial charge in [-0.15, -0.1) is 0 Å². The first-order valence-corrected chi connectivity index (χ1v) is 8.19. The van der Waals surface area contributed by atoms with Gasteiger partial charge in [0.05, 0.1) is 15.2 Å². The molecule has 10 heteroatoms. The van der Waals surface area contributed by atoms with E-state index in [0.717, 1.165) is 4.31 Å². The van der Waals surface area contributed by atoms with Gasteiger partial charge in [0.2, 0.25) is 5.91 Å². The van der Waals surface area contributed by atoms with Crippen LogP contribution in [0.2, 0.25) is 0 Å². The summed E-state index contributed by atoms with van der Waals surface area (Å²) in [5.41, 5.74) is -0.111. The Morgan fingerprint density at radius 1 is 1.26 bits per heavy atom. The lowest BCUT2D eigenvalue weighted by Crippen LogP contribution is -2.34. The van der Waals surface area contributed by atoms with Crippen LogP contribution in [0.3, 0.4) is 0 Å². The molecule has 8 nitrogen and oxygen atoms in total. The van der Waals surface area contributed by atoms with Crippen LogP contribution in [-0.4, -0.2) is 35.2 Å². The van der Waals surface area contributed by atoms with Crippen LogP contribution in [0.5, 0.6) is 0 Å². The third kappa shape index (κ3) is 2.51. The molecule has 0 unspecified atom stereocenters. The fourth-order valence-corrected chi connectivity index (χ4v) is 4.10. The SMILES string of the molecule is O=C1CN(S(=O)(=O)c2ccc3c([N+](=O)[O-])cccc3c2)C(=S)N1. The molecule has 2 aromatic carbocycles. The van der Waals surface area contributed by atoms with E-state index >= 15 is 0 Å². The van der Waals surface area contributed by atoms with Gasteiger partial charge < -0.3 is 5.32 Å². The first-order valence-electron chi connectivity index (χ1n) is 6.34. The highest BCUT2D eigenvalue weighted by atomic mass is 32.2. The maximum atomic E-state index is 12.6. The van der Waals surface area contributed by atoms with Gasteiger partial charge in [-0.05, 0) is 35.8 Å². The van der Waals surface area contributed by atoms with Crippen molar-refractivity contribution in [3.05, 3.63) is 46.5 Å². The minimum atomic E-state index is -4.01. The number of benzene rings is 2. The molecule has 1 aliphatic rings. The predicted molar refractivity (Wildman–Crippen MR) is 85.2 cm³/mol. The minimum Gasteiger partial charge on any atom is -0.301 e. The Balaban J connectivity index is 2.12. The van der Waals surface area contributed by atoms with Crippen molar-refractivity contribution in [2.45, 2.75) is 4.90 Å². The van der Waals surface area contributed by atoms with E-state index in [-0.39, 0.29) is 22.2 Å². The normalized spacial score (nSPS) is 15.0. The van der Waals surface area contributed by atoms with Gasteiger partial charge in [-0.2, -0.15) is 0 Å². The number of fused-ring (bicyclic) bond motifs is 1. The fraction of sp³-hybridized carbons (Fsp3) is 0.0769. The average Bonchev–Trinajstić information content (AvgIpc) is 2.85. The molecule has 0 aromatic heterocycles. The maximum absolute atomic E-state index is 12.6. The summed E-state index contributed by atoms with van der Waals surface area (Å²) in [6.07, 6.45) is 0. The highest BCUT2D eigenvalue weighted by molar-refractivity contribution is 7.91. The van der Waals surface area contributed by atoms with Crippen LogP contribution in [0.1, 0.15) is 0 Å². The second-order valence-electron chi connectivity index (χ2n) is 4.78. The average molecular weight is 351 g/mol.